The predicted molar refractivity (Wildman–Crippen MR) is 74.8 cm³/mol. The van der Waals surface area contributed by atoms with Gasteiger partial charge in [0.1, 0.15) is 6.67 Å². The van der Waals surface area contributed by atoms with Crippen LogP contribution in [0.3, 0.4) is 0 Å². The van der Waals surface area contributed by atoms with E-state index in [0.717, 1.165) is 5.56 Å². The van der Waals surface area contributed by atoms with Crippen molar-refractivity contribution < 1.29 is 13.7 Å². The van der Waals surface area contributed by atoms with E-state index in [1.54, 1.807) is 24.3 Å². The molecule has 0 spiro atoms. The van der Waals surface area contributed by atoms with Crippen LogP contribution in [0, 0.1) is 5.41 Å². The number of H-pyrrole nitrogens is 1. The minimum atomic E-state index is -1.06. The summed E-state index contributed by atoms with van der Waals surface area (Å²) in [5.41, 5.74) is 0.417. The van der Waals surface area contributed by atoms with E-state index in [1.807, 2.05) is 0 Å². The van der Waals surface area contributed by atoms with Crippen LogP contribution in [-0.2, 0) is 11.2 Å². The molecule has 0 bridgehead atoms. The summed E-state index contributed by atoms with van der Waals surface area (Å²) in [6.45, 7) is 2.35. The van der Waals surface area contributed by atoms with Gasteiger partial charge < -0.3 is 5.32 Å². The fraction of sp³-hybridized carbons (Fsp3) is 0.357. The van der Waals surface area contributed by atoms with Crippen LogP contribution < -0.4 is 11.1 Å². The fourth-order valence-electron chi connectivity index (χ4n) is 1.60. The minimum absolute atomic E-state index is 0.376. The molecule has 0 aliphatic carbocycles. The normalized spacial score (nSPS) is 11.4. The van der Waals surface area contributed by atoms with Crippen LogP contribution in [0.4, 0.5) is 10.1 Å². The zero-order chi connectivity index (χ0) is 15.5. The van der Waals surface area contributed by atoms with E-state index in [-0.39, 0.29) is 5.91 Å². The summed E-state index contributed by atoms with van der Waals surface area (Å²) in [5, 5.41) is 6.23. The van der Waals surface area contributed by atoms with Gasteiger partial charge in [-0.1, -0.05) is 17.3 Å². The number of amides is 1. The molecule has 7 heteroatoms. The summed E-state index contributed by atoms with van der Waals surface area (Å²) in [6.07, 6.45) is 0.413. The quantitative estimate of drug-likeness (QED) is 0.881. The van der Waals surface area contributed by atoms with Crippen molar-refractivity contribution in [2.75, 3.05) is 12.0 Å². The molecule has 0 aliphatic heterocycles. The SMILES string of the molecule is CC(C)(CF)C(=O)Nc1ccc(Cc2noc(=O)[nH]2)cc1. The number of benzene rings is 1. The number of nitrogens with one attached hydrogen (secondary N) is 2. The summed E-state index contributed by atoms with van der Waals surface area (Å²) in [5.74, 6) is -0.545. The fourth-order valence-corrected chi connectivity index (χ4v) is 1.60. The number of nitrogens with zero attached hydrogens (tertiary/aromatic N) is 1. The third-order valence-electron chi connectivity index (χ3n) is 3.02. The van der Waals surface area contributed by atoms with E-state index in [2.05, 4.69) is 20.0 Å². The van der Waals surface area contributed by atoms with Gasteiger partial charge in [0.05, 0.1) is 5.41 Å². The van der Waals surface area contributed by atoms with Crippen molar-refractivity contribution in [1.82, 2.24) is 10.1 Å². The molecule has 21 heavy (non-hydrogen) atoms. The highest BCUT2D eigenvalue weighted by Crippen LogP contribution is 2.19. The monoisotopic (exact) mass is 293 g/mol. The van der Waals surface area contributed by atoms with Crippen molar-refractivity contribution in [1.29, 1.82) is 0 Å². The molecular weight excluding hydrogens is 277 g/mol. The Balaban J connectivity index is 2.02. The van der Waals surface area contributed by atoms with Crippen molar-refractivity contribution in [3.63, 3.8) is 0 Å². The van der Waals surface area contributed by atoms with Crippen LogP contribution in [0.1, 0.15) is 25.2 Å². The number of carbonyl (C=O) groups is 1. The Labute approximate surface area is 120 Å². The average molecular weight is 293 g/mol. The summed E-state index contributed by atoms with van der Waals surface area (Å²) in [7, 11) is 0. The van der Waals surface area contributed by atoms with Gasteiger partial charge in [-0.25, -0.2) is 9.18 Å². The van der Waals surface area contributed by atoms with E-state index in [9.17, 15) is 14.0 Å². The smallest absolute Gasteiger partial charge is 0.326 e. The number of aromatic amines is 1. The summed E-state index contributed by atoms with van der Waals surface area (Å²) in [6, 6.07) is 6.98. The highest BCUT2D eigenvalue weighted by atomic mass is 19.1. The number of halogens is 1. The van der Waals surface area contributed by atoms with Gasteiger partial charge in [0.15, 0.2) is 5.82 Å². The van der Waals surface area contributed by atoms with Crippen molar-refractivity contribution in [2.45, 2.75) is 20.3 Å². The first-order chi connectivity index (χ1) is 9.90. The Kier molecular flexibility index (Phi) is 4.21. The molecule has 0 saturated heterocycles. The molecule has 6 nitrogen and oxygen atoms in total. The van der Waals surface area contributed by atoms with Crippen LogP contribution in [0.25, 0.3) is 0 Å². The van der Waals surface area contributed by atoms with Crippen LogP contribution in [0.5, 0.6) is 0 Å². The lowest BCUT2D eigenvalue weighted by Gasteiger charge is -2.19. The van der Waals surface area contributed by atoms with Gasteiger partial charge in [-0.05, 0) is 31.5 Å². The number of hydrogen-bond donors (Lipinski definition) is 2. The second-order valence-corrected chi connectivity index (χ2v) is 5.39. The maximum atomic E-state index is 12.7. The third-order valence-corrected chi connectivity index (χ3v) is 3.02. The lowest BCUT2D eigenvalue weighted by molar-refractivity contribution is -0.124. The van der Waals surface area contributed by atoms with Crippen LogP contribution in [0.2, 0.25) is 0 Å². The maximum Gasteiger partial charge on any atom is 0.438 e. The standard InChI is InChI=1S/C14H16FN3O3/c1-14(2,8-15)12(19)16-10-5-3-9(4-6-10)7-11-17-13(20)21-18-11/h3-6H,7-8H2,1-2H3,(H,16,19)(H,17,18,20). The molecule has 0 radical (unpaired) electrons. The minimum Gasteiger partial charge on any atom is -0.326 e. The topological polar surface area (TPSA) is 88.0 Å². The largest absolute Gasteiger partial charge is 0.438 e. The van der Waals surface area contributed by atoms with E-state index >= 15 is 0 Å². The number of anilines is 1. The average Bonchev–Trinajstić information content (AvgIpc) is 2.86. The number of alkyl halides is 1. The van der Waals surface area contributed by atoms with Gasteiger partial charge in [0.2, 0.25) is 5.91 Å². The lowest BCUT2D eigenvalue weighted by atomic mass is 9.94. The van der Waals surface area contributed by atoms with Gasteiger partial charge in [0, 0.05) is 12.1 Å². The first kappa shape index (κ1) is 15.0. The summed E-state index contributed by atoms with van der Waals surface area (Å²) in [4.78, 5) is 25.1. The number of hydrogen-bond acceptors (Lipinski definition) is 4. The molecular formula is C14H16FN3O3. The molecule has 0 saturated carbocycles. The Hall–Kier alpha value is -2.44. The lowest BCUT2D eigenvalue weighted by Crippen LogP contribution is -2.32. The number of carbonyl (C=O) groups excluding carboxylic acids is 1. The zero-order valence-corrected chi connectivity index (χ0v) is 11.8. The Morgan fingerprint density at radius 2 is 2.05 bits per heavy atom. The second kappa shape index (κ2) is 5.90. The maximum absolute atomic E-state index is 12.7. The molecule has 1 amide bonds. The third kappa shape index (κ3) is 3.77. The summed E-state index contributed by atoms with van der Waals surface area (Å²) < 4.78 is 17.1. The molecule has 2 rings (SSSR count). The molecule has 1 aromatic heterocycles. The van der Waals surface area contributed by atoms with Crippen LogP contribution >= 0.6 is 0 Å². The first-order valence-corrected chi connectivity index (χ1v) is 6.42. The predicted octanol–water partition coefficient (Wildman–Crippen LogP) is 1.89. The van der Waals surface area contributed by atoms with E-state index in [1.165, 1.54) is 13.8 Å². The Bertz CT molecular complexity index is 673. The van der Waals surface area contributed by atoms with Gasteiger partial charge in [-0.2, -0.15) is 0 Å². The molecule has 0 atom stereocenters. The Morgan fingerprint density at radius 3 is 2.57 bits per heavy atom. The van der Waals surface area contributed by atoms with Gasteiger partial charge in [-0.15, -0.1) is 0 Å². The van der Waals surface area contributed by atoms with Crippen LogP contribution in [-0.4, -0.2) is 22.7 Å². The van der Waals surface area contributed by atoms with Gasteiger partial charge in [-0.3, -0.25) is 14.3 Å². The van der Waals surface area contributed by atoms with E-state index < -0.39 is 17.8 Å². The van der Waals surface area contributed by atoms with E-state index in [0.29, 0.717) is 17.9 Å². The number of rotatable bonds is 5. The molecule has 112 valence electrons. The first-order valence-electron chi connectivity index (χ1n) is 6.42. The molecule has 2 aromatic rings. The van der Waals surface area contributed by atoms with Gasteiger partial charge >= 0.3 is 5.76 Å². The van der Waals surface area contributed by atoms with Crippen molar-refractivity contribution in [3.8, 4) is 0 Å². The molecule has 1 aromatic carbocycles. The van der Waals surface area contributed by atoms with Crippen molar-refractivity contribution in [2.24, 2.45) is 5.41 Å². The highest BCUT2D eigenvalue weighted by molar-refractivity contribution is 5.94. The van der Waals surface area contributed by atoms with Crippen molar-refractivity contribution in [3.05, 3.63) is 46.2 Å². The second-order valence-electron chi connectivity index (χ2n) is 5.39. The molecule has 0 fully saturated rings. The van der Waals surface area contributed by atoms with Crippen LogP contribution in [0.15, 0.2) is 33.6 Å². The molecule has 2 N–H and O–H groups in total. The molecule has 0 aliphatic rings. The molecule has 0 unspecified atom stereocenters. The Morgan fingerprint density at radius 1 is 1.38 bits per heavy atom. The van der Waals surface area contributed by atoms with Gasteiger partial charge in [0.25, 0.3) is 0 Å². The zero-order valence-electron chi connectivity index (χ0n) is 11.8. The number of aromatic nitrogens is 2. The van der Waals surface area contributed by atoms with E-state index in [4.69, 9.17) is 0 Å². The summed E-state index contributed by atoms with van der Waals surface area (Å²) >= 11 is 0. The molecule has 1 heterocycles. The highest BCUT2D eigenvalue weighted by Gasteiger charge is 2.27. The van der Waals surface area contributed by atoms with Crippen molar-refractivity contribution >= 4 is 11.6 Å².